The van der Waals surface area contributed by atoms with Crippen molar-refractivity contribution in [2.24, 2.45) is 5.92 Å². The van der Waals surface area contributed by atoms with Crippen molar-refractivity contribution in [1.29, 1.82) is 0 Å². The Morgan fingerprint density at radius 1 is 1.16 bits per heavy atom. The van der Waals surface area contributed by atoms with Gasteiger partial charge in [-0.1, -0.05) is 0 Å². The minimum atomic E-state index is 0.213. The Kier molecular flexibility index (Phi) is 5.44. The number of likely N-dealkylation sites (tertiary alicyclic amines) is 2. The monoisotopic (exact) mass is 362 g/mol. The Morgan fingerprint density at radius 2 is 1.96 bits per heavy atom. The molecule has 0 saturated carbocycles. The van der Waals surface area contributed by atoms with Gasteiger partial charge in [0, 0.05) is 44.7 Å². The molecule has 5 heteroatoms. The predicted molar refractivity (Wildman–Crippen MR) is 101 cm³/mol. The Hall–Kier alpha value is -0.910. The normalized spacial score (nSPS) is 25.4. The molecule has 1 aromatic heterocycles. The highest BCUT2D eigenvalue weighted by atomic mass is 32.1. The molecular weight excluding hydrogens is 332 g/mol. The molecule has 3 saturated heterocycles. The van der Waals surface area contributed by atoms with Gasteiger partial charge in [0.25, 0.3) is 5.91 Å². The summed E-state index contributed by atoms with van der Waals surface area (Å²) in [6, 6.07) is 1.94. The van der Waals surface area contributed by atoms with Gasteiger partial charge >= 0.3 is 0 Å². The number of hydrogen-bond acceptors (Lipinski definition) is 4. The van der Waals surface area contributed by atoms with E-state index in [0.717, 1.165) is 44.0 Å². The number of rotatable bonds is 3. The van der Waals surface area contributed by atoms with E-state index >= 15 is 0 Å². The van der Waals surface area contributed by atoms with Crippen molar-refractivity contribution in [2.45, 2.75) is 50.5 Å². The maximum absolute atomic E-state index is 12.4. The first kappa shape index (κ1) is 17.5. The first-order chi connectivity index (χ1) is 12.2. The number of piperidine rings is 2. The maximum atomic E-state index is 12.4. The fourth-order valence-electron chi connectivity index (χ4n) is 4.70. The van der Waals surface area contributed by atoms with Crippen molar-refractivity contribution >= 4 is 17.2 Å². The lowest BCUT2D eigenvalue weighted by atomic mass is 9.84. The molecule has 3 aliphatic heterocycles. The Labute approximate surface area is 155 Å². The van der Waals surface area contributed by atoms with E-state index in [1.807, 2.05) is 21.7 Å². The molecule has 0 radical (unpaired) electrons. The number of ether oxygens (including phenoxy) is 1. The van der Waals surface area contributed by atoms with Gasteiger partial charge in [-0.3, -0.25) is 4.79 Å². The average molecular weight is 363 g/mol. The molecule has 138 valence electrons. The van der Waals surface area contributed by atoms with Crippen LogP contribution in [0, 0.1) is 5.92 Å². The van der Waals surface area contributed by atoms with Gasteiger partial charge in [0.2, 0.25) is 0 Å². The van der Waals surface area contributed by atoms with Gasteiger partial charge in [-0.15, -0.1) is 0 Å². The molecule has 0 unspecified atom stereocenters. The van der Waals surface area contributed by atoms with E-state index < -0.39 is 0 Å². The quantitative estimate of drug-likeness (QED) is 0.823. The van der Waals surface area contributed by atoms with Gasteiger partial charge in [0.15, 0.2) is 0 Å². The summed E-state index contributed by atoms with van der Waals surface area (Å²) in [5.41, 5.74) is 1.07. The zero-order chi connectivity index (χ0) is 17.1. The second-order valence-corrected chi connectivity index (χ2v) is 8.82. The molecule has 4 rings (SSSR count). The van der Waals surface area contributed by atoms with Crippen molar-refractivity contribution < 1.29 is 9.53 Å². The number of hydrogen-bond donors (Lipinski definition) is 0. The Balaban J connectivity index is 1.21. The maximum Gasteiger partial charge on any atom is 0.254 e. The van der Waals surface area contributed by atoms with Crippen LogP contribution in [0.15, 0.2) is 16.8 Å². The molecule has 4 heterocycles. The van der Waals surface area contributed by atoms with E-state index in [1.165, 1.54) is 51.7 Å². The summed E-state index contributed by atoms with van der Waals surface area (Å²) in [6.07, 6.45) is 8.57. The van der Waals surface area contributed by atoms with Crippen molar-refractivity contribution in [2.75, 3.05) is 39.3 Å². The molecule has 1 amide bonds. The third kappa shape index (κ3) is 4.09. The van der Waals surface area contributed by atoms with E-state index in [2.05, 4.69) is 4.90 Å². The summed E-state index contributed by atoms with van der Waals surface area (Å²) in [5, 5.41) is 3.95. The number of thiophene rings is 1. The molecule has 0 bridgehead atoms. The number of amides is 1. The lowest BCUT2D eigenvalue weighted by Crippen LogP contribution is -2.49. The second-order valence-electron chi connectivity index (χ2n) is 8.04. The lowest BCUT2D eigenvalue weighted by Gasteiger charge is -2.45. The molecule has 0 N–H and O–H groups in total. The fourth-order valence-corrected chi connectivity index (χ4v) is 5.33. The van der Waals surface area contributed by atoms with Crippen molar-refractivity contribution in [3.63, 3.8) is 0 Å². The summed E-state index contributed by atoms with van der Waals surface area (Å²) in [4.78, 5) is 17.1. The molecule has 25 heavy (non-hydrogen) atoms. The Morgan fingerprint density at radius 3 is 2.60 bits per heavy atom. The molecule has 3 aliphatic rings. The minimum absolute atomic E-state index is 0.213. The van der Waals surface area contributed by atoms with Gasteiger partial charge in [-0.25, -0.2) is 0 Å². The van der Waals surface area contributed by atoms with Crippen LogP contribution in [0.5, 0.6) is 0 Å². The molecule has 0 aromatic carbocycles. The van der Waals surface area contributed by atoms with Crippen molar-refractivity contribution in [1.82, 2.24) is 9.80 Å². The molecule has 1 spiro atoms. The third-order valence-corrected chi connectivity index (χ3v) is 7.07. The molecular formula is C20H30N2O2S. The van der Waals surface area contributed by atoms with Gasteiger partial charge in [-0.2, -0.15) is 11.3 Å². The summed E-state index contributed by atoms with van der Waals surface area (Å²) < 4.78 is 6.15. The third-order valence-electron chi connectivity index (χ3n) is 6.39. The van der Waals surface area contributed by atoms with E-state index in [1.54, 1.807) is 11.3 Å². The predicted octanol–water partition coefficient (Wildman–Crippen LogP) is 3.64. The van der Waals surface area contributed by atoms with Crippen LogP contribution < -0.4 is 0 Å². The van der Waals surface area contributed by atoms with Gasteiger partial charge in [-0.05, 0) is 62.3 Å². The van der Waals surface area contributed by atoms with E-state index in [4.69, 9.17) is 4.74 Å². The number of nitrogens with zero attached hydrogens (tertiary/aromatic N) is 2. The zero-order valence-electron chi connectivity index (χ0n) is 15.1. The summed E-state index contributed by atoms with van der Waals surface area (Å²) in [6.45, 7) is 6.38. The highest BCUT2D eigenvalue weighted by molar-refractivity contribution is 7.08. The summed E-state index contributed by atoms with van der Waals surface area (Å²) >= 11 is 1.60. The lowest BCUT2D eigenvalue weighted by molar-refractivity contribution is -0.112. The van der Waals surface area contributed by atoms with Gasteiger partial charge in [0.1, 0.15) is 0 Å². The van der Waals surface area contributed by atoms with Crippen LogP contribution in [0.3, 0.4) is 0 Å². The van der Waals surface area contributed by atoms with Gasteiger partial charge in [0.05, 0.1) is 11.2 Å². The summed E-state index contributed by atoms with van der Waals surface area (Å²) in [5.74, 6) is 0.960. The van der Waals surface area contributed by atoms with Crippen LogP contribution in [0.4, 0.5) is 0 Å². The largest absolute Gasteiger partial charge is 0.375 e. The highest BCUT2D eigenvalue weighted by Crippen LogP contribution is 2.35. The van der Waals surface area contributed by atoms with Crippen LogP contribution in [0.25, 0.3) is 0 Å². The summed E-state index contributed by atoms with van der Waals surface area (Å²) in [7, 11) is 0. The average Bonchev–Trinajstić information content (AvgIpc) is 3.19. The topological polar surface area (TPSA) is 32.8 Å². The number of carbonyl (C=O) groups excluding carboxylic acids is 1. The standard InChI is InChI=1S/C20H30N2O2S/c23-19(18-5-14-25-16-18)22-9-3-17(4-10-22)15-21-11-7-20(8-12-21)6-1-2-13-24-20/h5,14,16-17H,1-4,6-13,15H2. The SMILES string of the molecule is O=C(c1ccsc1)N1CCC(CN2CCC3(CCCCO3)CC2)CC1. The van der Waals surface area contributed by atoms with Crippen molar-refractivity contribution in [3.8, 4) is 0 Å². The van der Waals surface area contributed by atoms with Crippen LogP contribution in [0.2, 0.25) is 0 Å². The second kappa shape index (κ2) is 7.77. The van der Waals surface area contributed by atoms with Crippen molar-refractivity contribution in [3.05, 3.63) is 22.4 Å². The Bertz CT molecular complexity index is 550. The highest BCUT2D eigenvalue weighted by Gasteiger charge is 2.37. The van der Waals surface area contributed by atoms with Crippen LogP contribution in [-0.4, -0.2) is 60.6 Å². The smallest absolute Gasteiger partial charge is 0.254 e. The molecule has 0 aliphatic carbocycles. The minimum Gasteiger partial charge on any atom is -0.375 e. The first-order valence-corrected chi connectivity index (χ1v) is 10.9. The molecule has 3 fully saturated rings. The molecule has 4 nitrogen and oxygen atoms in total. The van der Waals surface area contributed by atoms with E-state index in [-0.39, 0.29) is 11.5 Å². The van der Waals surface area contributed by atoms with Gasteiger partial charge < -0.3 is 14.5 Å². The molecule has 0 atom stereocenters. The molecule has 1 aromatic rings. The van der Waals surface area contributed by atoms with Crippen LogP contribution in [0.1, 0.15) is 55.3 Å². The number of carbonyl (C=O) groups is 1. The van der Waals surface area contributed by atoms with Crippen LogP contribution in [-0.2, 0) is 4.74 Å². The van der Waals surface area contributed by atoms with E-state index in [0.29, 0.717) is 0 Å². The van der Waals surface area contributed by atoms with Crippen LogP contribution >= 0.6 is 11.3 Å². The fraction of sp³-hybridized carbons (Fsp3) is 0.750. The first-order valence-electron chi connectivity index (χ1n) is 9.92. The zero-order valence-corrected chi connectivity index (χ0v) is 15.9. The van der Waals surface area contributed by atoms with E-state index in [9.17, 15) is 4.79 Å².